The van der Waals surface area contributed by atoms with Crippen LogP contribution in [0.25, 0.3) is 28.2 Å². The van der Waals surface area contributed by atoms with Crippen LogP contribution >= 0.6 is 0 Å². The van der Waals surface area contributed by atoms with Crippen LogP contribution < -0.4 is 0 Å². The number of nitrogens with one attached hydrogen (secondary N) is 1. The molecule has 6 nitrogen and oxygen atoms in total. The van der Waals surface area contributed by atoms with Gasteiger partial charge in [-0.2, -0.15) is 10.2 Å². The van der Waals surface area contributed by atoms with Gasteiger partial charge in [-0.25, -0.2) is 14.3 Å². The standard InChI is InChI=1S/C18H18N6/c1-12-4-2-3-5-16(12)23-11-14(8-19-23)17-21-15-9-20-24(18(15)22-17)10-13-6-7-13/h2-5,8-9,11,13H,6-7,10H2,1H3,(H,21,22). The van der Waals surface area contributed by atoms with Crippen LogP contribution in [0.3, 0.4) is 0 Å². The molecule has 0 saturated heterocycles. The van der Waals surface area contributed by atoms with Crippen LogP contribution in [0.1, 0.15) is 18.4 Å². The van der Waals surface area contributed by atoms with Crippen molar-refractivity contribution in [1.29, 1.82) is 0 Å². The summed E-state index contributed by atoms with van der Waals surface area (Å²) in [5, 5.41) is 8.93. The lowest BCUT2D eigenvalue weighted by Crippen LogP contribution is -2.01. The number of imidazole rings is 1. The van der Waals surface area contributed by atoms with Gasteiger partial charge >= 0.3 is 0 Å². The van der Waals surface area contributed by atoms with E-state index in [1.807, 2.05) is 40.1 Å². The summed E-state index contributed by atoms with van der Waals surface area (Å²) in [6.45, 7) is 3.06. The Morgan fingerprint density at radius 1 is 1.17 bits per heavy atom. The molecule has 0 aliphatic heterocycles. The summed E-state index contributed by atoms with van der Waals surface area (Å²) in [7, 11) is 0. The van der Waals surface area contributed by atoms with Crippen LogP contribution in [-0.2, 0) is 6.54 Å². The maximum atomic E-state index is 4.74. The van der Waals surface area contributed by atoms with Crippen molar-refractivity contribution in [2.45, 2.75) is 26.3 Å². The highest BCUT2D eigenvalue weighted by atomic mass is 15.3. The topological polar surface area (TPSA) is 64.3 Å². The fraction of sp³-hybridized carbons (Fsp3) is 0.278. The summed E-state index contributed by atoms with van der Waals surface area (Å²) in [6.07, 6.45) is 8.34. The average molecular weight is 318 g/mol. The van der Waals surface area contributed by atoms with Crippen molar-refractivity contribution >= 4 is 11.2 Å². The first kappa shape index (κ1) is 13.5. The van der Waals surface area contributed by atoms with Gasteiger partial charge < -0.3 is 4.98 Å². The highest BCUT2D eigenvalue weighted by molar-refractivity contribution is 5.75. The summed E-state index contributed by atoms with van der Waals surface area (Å²) >= 11 is 0. The molecule has 1 N–H and O–H groups in total. The molecule has 0 amide bonds. The highest BCUT2D eigenvalue weighted by Gasteiger charge is 2.23. The second-order valence-corrected chi connectivity index (χ2v) is 6.55. The number of hydrogen-bond acceptors (Lipinski definition) is 3. The molecule has 4 aromatic rings. The van der Waals surface area contributed by atoms with E-state index in [1.54, 1.807) is 0 Å². The third-order valence-electron chi connectivity index (χ3n) is 4.63. The zero-order valence-corrected chi connectivity index (χ0v) is 13.5. The molecule has 0 atom stereocenters. The molecular formula is C18H18N6. The second kappa shape index (κ2) is 5.06. The fourth-order valence-corrected chi connectivity index (χ4v) is 3.06. The second-order valence-electron chi connectivity index (χ2n) is 6.55. The van der Waals surface area contributed by atoms with E-state index < -0.39 is 0 Å². The largest absolute Gasteiger partial charge is 0.335 e. The predicted octanol–water partition coefficient (Wildman–Crippen LogP) is 3.33. The minimum absolute atomic E-state index is 0.775. The Morgan fingerprint density at radius 3 is 2.88 bits per heavy atom. The summed E-state index contributed by atoms with van der Waals surface area (Å²) in [5.74, 6) is 1.61. The van der Waals surface area contributed by atoms with Gasteiger partial charge in [0.25, 0.3) is 0 Å². The Hall–Kier alpha value is -2.89. The Kier molecular flexibility index (Phi) is 2.85. The Labute approximate surface area is 139 Å². The third kappa shape index (κ3) is 2.22. The molecule has 0 bridgehead atoms. The van der Waals surface area contributed by atoms with Crippen molar-refractivity contribution in [2.75, 3.05) is 0 Å². The van der Waals surface area contributed by atoms with Crippen molar-refractivity contribution in [3.05, 3.63) is 48.4 Å². The van der Waals surface area contributed by atoms with E-state index in [9.17, 15) is 0 Å². The smallest absolute Gasteiger partial charge is 0.176 e. The number of para-hydroxylation sites is 1. The van der Waals surface area contributed by atoms with Crippen LogP contribution in [0.2, 0.25) is 0 Å². The molecule has 0 unspecified atom stereocenters. The Bertz CT molecular complexity index is 1020. The van der Waals surface area contributed by atoms with Gasteiger partial charge in [0.2, 0.25) is 0 Å². The van der Waals surface area contributed by atoms with Crippen molar-refractivity contribution < 1.29 is 0 Å². The van der Waals surface area contributed by atoms with Crippen molar-refractivity contribution in [1.82, 2.24) is 29.5 Å². The average Bonchev–Trinajstić information content (AvgIpc) is 2.99. The van der Waals surface area contributed by atoms with E-state index in [0.717, 1.165) is 40.7 Å². The molecule has 0 radical (unpaired) electrons. The zero-order valence-electron chi connectivity index (χ0n) is 13.5. The number of fused-ring (bicyclic) bond motifs is 1. The van der Waals surface area contributed by atoms with E-state index in [2.05, 4.69) is 34.2 Å². The first-order valence-electron chi connectivity index (χ1n) is 8.30. The summed E-state index contributed by atoms with van der Waals surface area (Å²) in [4.78, 5) is 8.10. The first-order chi connectivity index (χ1) is 11.8. The molecule has 1 aromatic carbocycles. The number of hydrogen-bond donors (Lipinski definition) is 1. The van der Waals surface area contributed by atoms with Crippen LogP contribution in [0.15, 0.2) is 42.9 Å². The van der Waals surface area contributed by atoms with Gasteiger partial charge in [0, 0.05) is 12.7 Å². The normalized spacial score (nSPS) is 14.5. The van der Waals surface area contributed by atoms with Crippen molar-refractivity contribution in [3.8, 4) is 17.1 Å². The molecule has 3 aromatic heterocycles. The fourth-order valence-electron chi connectivity index (χ4n) is 3.06. The molecule has 24 heavy (non-hydrogen) atoms. The highest BCUT2D eigenvalue weighted by Crippen LogP contribution is 2.31. The number of rotatable bonds is 4. The minimum Gasteiger partial charge on any atom is -0.335 e. The number of H-pyrrole nitrogens is 1. The van der Waals surface area contributed by atoms with Gasteiger partial charge in [0.1, 0.15) is 11.3 Å². The van der Waals surface area contributed by atoms with Gasteiger partial charge in [0.05, 0.1) is 23.6 Å². The lowest BCUT2D eigenvalue weighted by atomic mass is 10.2. The molecule has 0 spiro atoms. The molecule has 1 aliphatic carbocycles. The van der Waals surface area contributed by atoms with Crippen LogP contribution in [0.4, 0.5) is 0 Å². The van der Waals surface area contributed by atoms with Crippen LogP contribution in [0.5, 0.6) is 0 Å². The van der Waals surface area contributed by atoms with E-state index in [-0.39, 0.29) is 0 Å². The van der Waals surface area contributed by atoms with Gasteiger partial charge in [-0.1, -0.05) is 18.2 Å². The quantitative estimate of drug-likeness (QED) is 0.628. The van der Waals surface area contributed by atoms with Crippen molar-refractivity contribution in [3.63, 3.8) is 0 Å². The molecule has 6 heteroatoms. The van der Waals surface area contributed by atoms with E-state index >= 15 is 0 Å². The van der Waals surface area contributed by atoms with Gasteiger partial charge in [0.15, 0.2) is 5.65 Å². The van der Waals surface area contributed by atoms with Crippen LogP contribution in [-0.4, -0.2) is 29.5 Å². The van der Waals surface area contributed by atoms with E-state index in [1.165, 1.54) is 18.4 Å². The number of aromatic nitrogens is 6. The Balaban J connectivity index is 1.51. The molecule has 1 aliphatic rings. The maximum Gasteiger partial charge on any atom is 0.176 e. The number of benzene rings is 1. The van der Waals surface area contributed by atoms with Gasteiger partial charge in [-0.05, 0) is 37.3 Å². The third-order valence-corrected chi connectivity index (χ3v) is 4.63. The number of aryl methyl sites for hydroxylation is 1. The predicted molar refractivity (Wildman–Crippen MR) is 91.9 cm³/mol. The first-order valence-corrected chi connectivity index (χ1v) is 8.30. The molecule has 120 valence electrons. The summed E-state index contributed by atoms with van der Waals surface area (Å²) in [6, 6.07) is 8.22. The van der Waals surface area contributed by atoms with Crippen molar-refractivity contribution in [2.24, 2.45) is 5.92 Å². The minimum atomic E-state index is 0.775. The molecule has 1 saturated carbocycles. The zero-order chi connectivity index (χ0) is 16.1. The van der Waals surface area contributed by atoms with Crippen LogP contribution in [0, 0.1) is 12.8 Å². The number of nitrogens with zero attached hydrogens (tertiary/aromatic N) is 5. The SMILES string of the molecule is Cc1ccccc1-n1cc(-c2nc3c(cnn3CC3CC3)[nH]2)cn1. The Morgan fingerprint density at radius 2 is 2.04 bits per heavy atom. The van der Waals surface area contributed by atoms with Gasteiger partial charge in [-0.15, -0.1) is 0 Å². The monoisotopic (exact) mass is 318 g/mol. The molecular weight excluding hydrogens is 300 g/mol. The lowest BCUT2D eigenvalue weighted by Gasteiger charge is -2.04. The van der Waals surface area contributed by atoms with E-state index in [4.69, 9.17) is 4.98 Å². The van der Waals surface area contributed by atoms with E-state index in [0.29, 0.717) is 0 Å². The summed E-state index contributed by atoms with van der Waals surface area (Å²) in [5.41, 5.74) is 5.17. The molecule has 3 heterocycles. The number of aromatic amines is 1. The lowest BCUT2D eigenvalue weighted by molar-refractivity contribution is 0.576. The maximum absolute atomic E-state index is 4.74. The summed E-state index contributed by atoms with van der Waals surface area (Å²) < 4.78 is 3.91. The molecule has 1 fully saturated rings. The van der Waals surface area contributed by atoms with Gasteiger partial charge in [-0.3, -0.25) is 0 Å². The molecule has 5 rings (SSSR count).